The van der Waals surface area contributed by atoms with E-state index in [1.165, 1.54) is 175 Å². The fourth-order valence-electron chi connectivity index (χ4n) is 11.6. The first-order chi connectivity index (χ1) is 42.9. The Balaban J connectivity index is 0.000000226. The molecule has 0 aliphatic heterocycles. The lowest BCUT2D eigenvalue weighted by atomic mass is 9.75. The Morgan fingerprint density at radius 3 is 0.753 bits per heavy atom. The van der Waals surface area contributed by atoms with Gasteiger partial charge >= 0.3 is 0 Å². The Hall–Kier alpha value is -6.60. The Bertz CT molecular complexity index is 2920. The highest BCUT2D eigenvalue weighted by Crippen LogP contribution is 2.38. The van der Waals surface area contributed by atoms with E-state index in [-0.39, 0.29) is 0 Å². The Morgan fingerprint density at radius 1 is 0.281 bits per heavy atom. The minimum Gasteiger partial charge on any atom is -0.0894 e. The minimum atomic E-state index is 0.840. The third kappa shape index (κ3) is 31.1. The van der Waals surface area contributed by atoms with Crippen molar-refractivity contribution in [2.75, 3.05) is 0 Å². The van der Waals surface area contributed by atoms with Crippen molar-refractivity contribution in [3.8, 4) is 57.1 Å². The lowest BCUT2D eigenvalue weighted by Crippen LogP contribution is -2.16. The molecule has 0 heteroatoms. The van der Waals surface area contributed by atoms with Crippen LogP contribution in [0.5, 0.6) is 0 Å². The summed E-state index contributed by atoms with van der Waals surface area (Å²) in [5.41, 5.74) is 20.3. The summed E-state index contributed by atoms with van der Waals surface area (Å²) in [6.07, 6.45) is 27.2. The van der Waals surface area contributed by atoms with Gasteiger partial charge in [-0.3, -0.25) is 0 Å². The zero-order valence-corrected chi connectivity index (χ0v) is 59.0. The van der Waals surface area contributed by atoms with E-state index >= 15 is 0 Å². The van der Waals surface area contributed by atoms with Crippen molar-refractivity contribution in [2.45, 2.75) is 232 Å². The van der Waals surface area contributed by atoms with E-state index in [9.17, 15) is 0 Å². The van der Waals surface area contributed by atoms with Gasteiger partial charge in [0, 0.05) is 12.8 Å². The molecule has 3 saturated carbocycles. The Labute approximate surface area is 547 Å². The van der Waals surface area contributed by atoms with Gasteiger partial charge in [0.25, 0.3) is 0 Å². The van der Waals surface area contributed by atoms with Gasteiger partial charge in [0.1, 0.15) is 0 Å². The number of allylic oxidation sites excluding steroid dienone is 2. The largest absolute Gasteiger partial charge is 0.0894 e. The van der Waals surface area contributed by atoms with Gasteiger partial charge in [0.05, 0.1) is 0 Å². The second kappa shape index (κ2) is 43.2. The zero-order valence-electron chi connectivity index (χ0n) is 59.0. The van der Waals surface area contributed by atoms with Crippen molar-refractivity contribution in [2.24, 2.45) is 35.5 Å². The molecule has 476 valence electrons. The molecule has 0 aromatic heterocycles. The van der Waals surface area contributed by atoms with Gasteiger partial charge in [-0.1, -0.05) is 352 Å². The summed E-state index contributed by atoms with van der Waals surface area (Å²) in [5, 5.41) is 0. The van der Waals surface area contributed by atoms with Gasteiger partial charge in [-0.05, 0) is 186 Å². The second-order valence-electron chi connectivity index (χ2n) is 27.1. The quantitative estimate of drug-likeness (QED) is 0.119. The molecule has 89 heavy (non-hydrogen) atoms. The van der Waals surface area contributed by atoms with Crippen LogP contribution in [-0.4, -0.2) is 0 Å². The third-order valence-electron chi connectivity index (χ3n) is 18.0. The maximum absolute atomic E-state index is 2.86. The smallest absolute Gasteiger partial charge is 0.00704 e. The molecule has 0 N–H and O–H groups in total. The average molecular weight is 1190 g/mol. The number of benzene rings is 7. The predicted molar refractivity (Wildman–Crippen MR) is 397 cm³/mol. The molecule has 1 unspecified atom stereocenters. The van der Waals surface area contributed by atoms with Crippen LogP contribution < -0.4 is 0 Å². The van der Waals surface area contributed by atoms with Crippen molar-refractivity contribution in [1.82, 2.24) is 0 Å². The van der Waals surface area contributed by atoms with Crippen LogP contribution in [0.25, 0.3) is 33.4 Å². The number of hydrogen-bond donors (Lipinski definition) is 0. The summed E-state index contributed by atoms with van der Waals surface area (Å²) in [5.74, 6) is 17.9. The number of aryl methyl sites for hydroxylation is 7. The predicted octanol–water partition coefficient (Wildman–Crippen LogP) is 26.8. The van der Waals surface area contributed by atoms with Crippen molar-refractivity contribution in [1.29, 1.82) is 0 Å². The van der Waals surface area contributed by atoms with Gasteiger partial charge < -0.3 is 0 Å². The molecular weight excluding hydrogens is 1070 g/mol. The lowest BCUT2D eigenvalue weighted by molar-refractivity contribution is 0.308. The summed E-state index contributed by atoms with van der Waals surface area (Å²) < 4.78 is 0. The van der Waals surface area contributed by atoms with E-state index in [1.54, 1.807) is 5.56 Å². The molecule has 1 atom stereocenters. The Kier molecular flexibility index (Phi) is 36.3. The molecule has 11 rings (SSSR count). The summed E-state index contributed by atoms with van der Waals surface area (Å²) in [6, 6.07) is 61.0. The standard InChI is InChI=1S/C20H18.C14H24.C14H20.C14H14.C8H16.2C8H10.C3H8/c1-15-3-7-17(8-4-15)19-11-13-20(14-12-19)18-9-5-16(2)6-10-18;3*1-11-3-7-13(8-4-11)14-9-5-12(2)6-10-14;2*1-7-3-5-8(2)6-4-7;1-3-5-7-8-6-4-2;1-3-2/h3-14H,1-2H3;7,11-12,14H,3-6,8-10H2,1-2H3;3-4,7-8,12,14H,5-6,9-10H2,1-2H3;3-10H,1-2H3;7-8H,3-6H2,1-2H3;3-6H,1-2H3;3-4H2,1-2H3;3H2,1-2H3. The van der Waals surface area contributed by atoms with Crippen LogP contribution in [0.2, 0.25) is 0 Å². The molecule has 0 heterocycles. The normalized spacial score (nSPS) is 19.6. The van der Waals surface area contributed by atoms with Crippen LogP contribution >= 0.6 is 0 Å². The molecular formula is C89H120. The fourth-order valence-corrected chi connectivity index (χ4v) is 11.6. The molecule has 7 aromatic rings. The maximum atomic E-state index is 2.86. The van der Waals surface area contributed by atoms with E-state index in [0.717, 1.165) is 54.3 Å². The van der Waals surface area contributed by atoms with Crippen molar-refractivity contribution >= 4 is 0 Å². The van der Waals surface area contributed by atoms with Crippen LogP contribution in [0.15, 0.2) is 182 Å². The molecule has 0 bridgehead atoms. The lowest BCUT2D eigenvalue weighted by Gasteiger charge is -2.31. The average Bonchev–Trinajstić information content (AvgIpc) is 3.70. The number of hydrogen-bond acceptors (Lipinski definition) is 0. The van der Waals surface area contributed by atoms with Crippen molar-refractivity contribution in [3.05, 3.63) is 226 Å². The summed E-state index contributed by atoms with van der Waals surface area (Å²) >= 11 is 0. The third-order valence-corrected chi connectivity index (χ3v) is 18.0. The molecule has 7 aromatic carbocycles. The summed E-state index contributed by atoms with van der Waals surface area (Å²) in [4.78, 5) is 0. The fraction of sp³-hybridized carbons (Fsp3) is 0.461. The van der Waals surface area contributed by atoms with Gasteiger partial charge in [0.2, 0.25) is 0 Å². The van der Waals surface area contributed by atoms with Crippen LogP contribution in [0, 0.1) is 108 Å². The first-order valence-corrected chi connectivity index (χ1v) is 35.0. The van der Waals surface area contributed by atoms with Crippen LogP contribution in [0.4, 0.5) is 0 Å². The van der Waals surface area contributed by atoms with Gasteiger partial charge in [0.15, 0.2) is 0 Å². The maximum Gasteiger partial charge on any atom is 0.00704 e. The first kappa shape index (κ1) is 74.9. The van der Waals surface area contributed by atoms with Crippen molar-refractivity contribution in [3.63, 3.8) is 0 Å². The molecule has 0 spiro atoms. The van der Waals surface area contributed by atoms with E-state index < -0.39 is 0 Å². The van der Waals surface area contributed by atoms with Crippen LogP contribution in [0.3, 0.4) is 0 Å². The SMILES string of the molecule is CC1CC=C(C2CCC(C)CC2)CC1.CC1CCC(C)CC1.CCC.CCC#CC#CCC.Cc1ccc(-c2ccc(-c3ccc(C)cc3)cc2)cc1.Cc1ccc(-c2ccc(C)cc2)cc1.Cc1ccc(C)cc1.Cc1ccc(C2CCC(C)CC2)cc1. The van der Waals surface area contributed by atoms with Crippen molar-refractivity contribution < 1.29 is 0 Å². The van der Waals surface area contributed by atoms with E-state index in [0.29, 0.717) is 0 Å². The van der Waals surface area contributed by atoms with Crippen LogP contribution in [-0.2, 0) is 0 Å². The molecule has 4 aliphatic rings. The first-order valence-electron chi connectivity index (χ1n) is 35.0. The number of rotatable bonds is 5. The molecule has 0 saturated heterocycles. The summed E-state index contributed by atoms with van der Waals surface area (Å²) in [6.45, 7) is 35.0. The molecule has 3 fully saturated rings. The highest BCUT2D eigenvalue weighted by Gasteiger charge is 2.23. The summed E-state index contributed by atoms with van der Waals surface area (Å²) in [7, 11) is 0. The van der Waals surface area contributed by atoms with Gasteiger partial charge in [-0.15, -0.1) is 0 Å². The van der Waals surface area contributed by atoms with Gasteiger partial charge in [-0.2, -0.15) is 0 Å². The molecule has 0 radical (unpaired) electrons. The van der Waals surface area contributed by atoms with E-state index in [2.05, 4.69) is 297 Å². The molecule has 0 nitrogen and oxygen atoms in total. The molecule has 4 aliphatic carbocycles. The minimum absolute atomic E-state index is 0.840. The monoisotopic (exact) mass is 1190 g/mol. The van der Waals surface area contributed by atoms with Gasteiger partial charge in [-0.25, -0.2) is 0 Å². The van der Waals surface area contributed by atoms with E-state index in [4.69, 9.17) is 0 Å². The second-order valence-corrected chi connectivity index (χ2v) is 27.1. The Morgan fingerprint density at radius 2 is 0.506 bits per heavy atom. The van der Waals surface area contributed by atoms with Crippen LogP contribution in [0.1, 0.15) is 228 Å². The zero-order chi connectivity index (χ0) is 64.8. The van der Waals surface area contributed by atoms with E-state index in [1.807, 2.05) is 19.4 Å². The highest BCUT2D eigenvalue weighted by molar-refractivity contribution is 5.70. The molecule has 0 amide bonds. The highest BCUT2D eigenvalue weighted by atomic mass is 14.3. The topological polar surface area (TPSA) is 0 Å².